The first-order valence-electron chi connectivity index (χ1n) is 5.14. The first kappa shape index (κ1) is 15.2. The number of hydrogen-bond donors (Lipinski definition) is 6. The van der Waals surface area contributed by atoms with Crippen LogP contribution in [0, 0.1) is 5.41 Å². The Labute approximate surface area is 98.7 Å². The van der Waals surface area contributed by atoms with E-state index in [1.54, 1.807) is 0 Å². The van der Waals surface area contributed by atoms with Crippen LogP contribution in [0.2, 0.25) is 0 Å². The highest BCUT2D eigenvalue weighted by Gasteiger charge is 2.22. The maximum Gasteiger partial charge on any atom is 0.320 e. The Hall–Kier alpha value is -1.83. The molecule has 0 aromatic rings. The van der Waals surface area contributed by atoms with Crippen molar-refractivity contribution in [1.82, 2.24) is 10.6 Å². The van der Waals surface area contributed by atoms with Gasteiger partial charge < -0.3 is 21.3 Å². The maximum absolute atomic E-state index is 10.8. The molecule has 8 nitrogen and oxygen atoms in total. The monoisotopic (exact) mass is 246 g/mol. The smallest absolute Gasteiger partial charge is 0.320 e. The number of carbonyl (C=O) groups is 2. The zero-order chi connectivity index (χ0) is 13.4. The Balaban J connectivity index is 4.03. The lowest BCUT2D eigenvalue weighted by molar-refractivity contribution is -0.142. The molecule has 0 aromatic carbocycles. The van der Waals surface area contributed by atoms with Crippen LogP contribution in [0.15, 0.2) is 0 Å². The van der Waals surface area contributed by atoms with Crippen molar-refractivity contribution in [2.45, 2.75) is 31.8 Å². The molecule has 2 atom stereocenters. The second kappa shape index (κ2) is 7.44. The van der Waals surface area contributed by atoms with Gasteiger partial charge in [0, 0.05) is 6.54 Å². The van der Waals surface area contributed by atoms with Gasteiger partial charge in [0.25, 0.3) is 0 Å². The molecular formula is C9H18N4O4. The third-order valence-corrected chi connectivity index (χ3v) is 2.10. The molecule has 0 saturated heterocycles. The zero-order valence-electron chi connectivity index (χ0n) is 9.56. The summed E-state index contributed by atoms with van der Waals surface area (Å²) >= 11 is 0. The van der Waals surface area contributed by atoms with Crippen molar-refractivity contribution in [1.29, 1.82) is 5.41 Å². The summed E-state index contributed by atoms with van der Waals surface area (Å²) in [5, 5.41) is 29.4. The number of nitrogens with one attached hydrogen (secondary N) is 3. The largest absolute Gasteiger partial charge is 0.480 e. The minimum absolute atomic E-state index is 0.177. The molecule has 0 spiro atoms. The Bertz CT molecular complexity index is 295. The fraction of sp³-hybridized carbons (Fsp3) is 0.667. The van der Waals surface area contributed by atoms with Crippen molar-refractivity contribution in [3.8, 4) is 0 Å². The van der Waals surface area contributed by atoms with Gasteiger partial charge in [-0.05, 0) is 19.8 Å². The van der Waals surface area contributed by atoms with Crippen LogP contribution in [0.5, 0.6) is 0 Å². The SMILES string of the molecule is C[C@H](N[C@H](CCCNC(=N)N)C(=O)O)C(=O)O. The topological polar surface area (TPSA) is 149 Å². The summed E-state index contributed by atoms with van der Waals surface area (Å²) < 4.78 is 0. The van der Waals surface area contributed by atoms with E-state index in [0.29, 0.717) is 13.0 Å². The highest BCUT2D eigenvalue weighted by atomic mass is 16.4. The van der Waals surface area contributed by atoms with E-state index in [9.17, 15) is 9.59 Å². The average Bonchev–Trinajstić information content (AvgIpc) is 2.21. The van der Waals surface area contributed by atoms with Crippen LogP contribution in [-0.2, 0) is 9.59 Å². The highest BCUT2D eigenvalue weighted by Crippen LogP contribution is 1.99. The summed E-state index contributed by atoms with van der Waals surface area (Å²) in [5.41, 5.74) is 5.05. The molecule has 17 heavy (non-hydrogen) atoms. The van der Waals surface area contributed by atoms with E-state index in [0.717, 1.165) is 0 Å². The van der Waals surface area contributed by atoms with Crippen molar-refractivity contribution < 1.29 is 19.8 Å². The molecule has 0 bridgehead atoms. The average molecular weight is 246 g/mol. The second-order valence-electron chi connectivity index (χ2n) is 3.60. The highest BCUT2D eigenvalue weighted by molar-refractivity contribution is 5.77. The Morgan fingerprint density at radius 2 is 1.94 bits per heavy atom. The predicted molar refractivity (Wildman–Crippen MR) is 60.8 cm³/mol. The molecule has 0 aliphatic carbocycles. The van der Waals surface area contributed by atoms with Crippen molar-refractivity contribution in [3.63, 3.8) is 0 Å². The van der Waals surface area contributed by atoms with E-state index in [-0.39, 0.29) is 12.4 Å². The lowest BCUT2D eigenvalue weighted by atomic mass is 10.1. The van der Waals surface area contributed by atoms with Crippen LogP contribution in [0.4, 0.5) is 0 Å². The van der Waals surface area contributed by atoms with Crippen molar-refractivity contribution in [2.75, 3.05) is 6.54 Å². The number of nitrogens with two attached hydrogens (primary N) is 1. The fourth-order valence-corrected chi connectivity index (χ4v) is 1.18. The molecule has 0 aliphatic heterocycles. The summed E-state index contributed by atoms with van der Waals surface area (Å²) in [5.74, 6) is -2.37. The van der Waals surface area contributed by atoms with Crippen LogP contribution < -0.4 is 16.4 Å². The number of rotatable bonds is 8. The Morgan fingerprint density at radius 1 is 1.35 bits per heavy atom. The van der Waals surface area contributed by atoms with E-state index in [1.165, 1.54) is 6.92 Å². The summed E-state index contributed by atoms with van der Waals surface area (Å²) in [4.78, 5) is 21.4. The van der Waals surface area contributed by atoms with Gasteiger partial charge in [-0.25, -0.2) is 0 Å². The predicted octanol–water partition coefficient (Wildman–Crippen LogP) is -1.23. The van der Waals surface area contributed by atoms with Gasteiger partial charge in [0.2, 0.25) is 0 Å². The zero-order valence-corrected chi connectivity index (χ0v) is 9.56. The minimum atomic E-state index is -1.10. The van der Waals surface area contributed by atoms with Gasteiger partial charge in [0.1, 0.15) is 12.1 Å². The number of hydrogen-bond acceptors (Lipinski definition) is 4. The molecule has 0 saturated carbocycles. The first-order valence-corrected chi connectivity index (χ1v) is 5.14. The number of guanidine groups is 1. The number of carboxylic acids is 2. The molecule has 0 unspecified atom stereocenters. The third-order valence-electron chi connectivity index (χ3n) is 2.10. The molecule has 98 valence electrons. The fourth-order valence-electron chi connectivity index (χ4n) is 1.18. The van der Waals surface area contributed by atoms with E-state index in [4.69, 9.17) is 21.4 Å². The Morgan fingerprint density at radius 3 is 2.35 bits per heavy atom. The third kappa shape index (κ3) is 7.12. The van der Waals surface area contributed by atoms with Crippen molar-refractivity contribution in [2.24, 2.45) is 5.73 Å². The molecular weight excluding hydrogens is 228 g/mol. The van der Waals surface area contributed by atoms with Crippen LogP contribution >= 0.6 is 0 Å². The normalized spacial score (nSPS) is 13.7. The van der Waals surface area contributed by atoms with Gasteiger partial charge in [-0.2, -0.15) is 0 Å². The molecule has 0 radical (unpaired) electrons. The standard InChI is InChI=1S/C9H18N4O4/c1-5(7(14)15)13-6(8(16)17)3-2-4-12-9(10)11/h5-6,13H,2-4H2,1H3,(H,14,15)(H,16,17)(H4,10,11,12)/t5-,6+/m0/s1. The van der Waals surface area contributed by atoms with E-state index in [2.05, 4.69) is 10.6 Å². The maximum atomic E-state index is 10.8. The molecule has 0 rings (SSSR count). The number of carboxylic acid groups (broad SMARTS) is 2. The van der Waals surface area contributed by atoms with Gasteiger partial charge in [-0.15, -0.1) is 0 Å². The van der Waals surface area contributed by atoms with Gasteiger partial charge in [-0.1, -0.05) is 0 Å². The summed E-state index contributed by atoms with van der Waals surface area (Å²) in [6.07, 6.45) is 0.725. The second-order valence-corrected chi connectivity index (χ2v) is 3.60. The molecule has 0 amide bonds. The van der Waals surface area contributed by atoms with Gasteiger partial charge in [0.15, 0.2) is 5.96 Å². The molecule has 0 heterocycles. The van der Waals surface area contributed by atoms with Gasteiger partial charge in [-0.3, -0.25) is 20.3 Å². The van der Waals surface area contributed by atoms with Crippen molar-refractivity contribution >= 4 is 17.9 Å². The first-order chi connectivity index (χ1) is 7.84. The molecule has 0 aliphatic rings. The lowest BCUT2D eigenvalue weighted by Crippen LogP contribution is -2.46. The molecule has 8 heteroatoms. The summed E-state index contributed by atoms with van der Waals surface area (Å²) in [6, 6.07) is -1.84. The van der Waals surface area contributed by atoms with E-state index < -0.39 is 24.0 Å². The van der Waals surface area contributed by atoms with Crippen LogP contribution in [-0.4, -0.2) is 46.7 Å². The van der Waals surface area contributed by atoms with Crippen LogP contribution in [0.1, 0.15) is 19.8 Å². The van der Waals surface area contributed by atoms with Crippen molar-refractivity contribution in [3.05, 3.63) is 0 Å². The van der Waals surface area contributed by atoms with Gasteiger partial charge >= 0.3 is 11.9 Å². The summed E-state index contributed by atoms with van der Waals surface area (Å²) in [7, 11) is 0. The molecule has 0 fully saturated rings. The van der Waals surface area contributed by atoms with Gasteiger partial charge in [0.05, 0.1) is 0 Å². The van der Waals surface area contributed by atoms with E-state index in [1.807, 2.05) is 0 Å². The number of aliphatic carboxylic acids is 2. The lowest BCUT2D eigenvalue weighted by Gasteiger charge is -2.17. The quantitative estimate of drug-likeness (QED) is 0.178. The van der Waals surface area contributed by atoms with Crippen LogP contribution in [0.25, 0.3) is 0 Å². The Kier molecular flexibility index (Phi) is 6.64. The van der Waals surface area contributed by atoms with Crippen LogP contribution in [0.3, 0.4) is 0 Å². The molecule has 0 aromatic heterocycles. The molecule has 7 N–H and O–H groups in total. The van der Waals surface area contributed by atoms with E-state index >= 15 is 0 Å². The minimum Gasteiger partial charge on any atom is -0.480 e. The summed E-state index contributed by atoms with van der Waals surface area (Å²) in [6.45, 7) is 1.76.